The highest BCUT2D eigenvalue weighted by molar-refractivity contribution is 6.33. The van der Waals surface area contributed by atoms with Gasteiger partial charge in [0.1, 0.15) is 5.82 Å². The highest BCUT2D eigenvalue weighted by atomic mass is 35.5. The van der Waals surface area contributed by atoms with Crippen LogP contribution in [0.5, 0.6) is 0 Å². The Labute approximate surface area is 150 Å². The number of carbonyl (C=O) groups is 1. The van der Waals surface area contributed by atoms with Crippen LogP contribution in [0.4, 0.5) is 10.3 Å². The van der Waals surface area contributed by atoms with Crippen molar-refractivity contribution < 1.29 is 13.9 Å². The average Bonchev–Trinajstić information content (AvgIpc) is 2.62. The fourth-order valence-corrected chi connectivity index (χ4v) is 2.73. The van der Waals surface area contributed by atoms with Crippen molar-refractivity contribution in [3.05, 3.63) is 52.6 Å². The first-order chi connectivity index (χ1) is 12.0. The molecular formula is C17H18ClFN4O2. The van der Waals surface area contributed by atoms with E-state index in [-0.39, 0.29) is 22.6 Å². The van der Waals surface area contributed by atoms with Gasteiger partial charge in [-0.25, -0.2) is 14.4 Å². The van der Waals surface area contributed by atoms with Gasteiger partial charge in [0.25, 0.3) is 5.91 Å². The number of morpholine rings is 1. The first-order valence-corrected chi connectivity index (χ1v) is 8.34. The highest BCUT2D eigenvalue weighted by Gasteiger charge is 2.20. The van der Waals surface area contributed by atoms with Crippen molar-refractivity contribution in [3.8, 4) is 0 Å². The molecule has 1 aliphatic heterocycles. The summed E-state index contributed by atoms with van der Waals surface area (Å²) in [5.41, 5.74) is 0.758. The molecule has 2 heterocycles. The van der Waals surface area contributed by atoms with Crippen molar-refractivity contribution in [2.75, 3.05) is 31.2 Å². The largest absolute Gasteiger partial charge is 0.378 e. The molecule has 1 aliphatic rings. The Kier molecular flexibility index (Phi) is 5.45. The number of nitrogens with zero attached hydrogens (tertiary/aromatic N) is 3. The number of amides is 1. The van der Waals surface area contributed by atoms with E-state index < -0.39 is 5.91 Å². The molecule has 1 saturated heterocycles. The number of ether oxygens (including phenoxy) is 1. The number of carbonyl (C=O) groups excluding carboxylic acids is 1. The Morgan fingerprint density at radius 1 is 1.40 bits per heavy atom. The predicted molar refractivity (Wildman–Crippen MR) is 92.4 cm³/mol. The lowest BCUT2D eigenvalue weighted by Crippen LogP contribution is -2.38. The zero-order chi connectivity index (χ0) is 17.8. The van der Waals surface area contributed by atoms with Gasteiger partial charge in [-0.15, -0.1) is 0 Å². The van der Waals surface area contributed by atoms with E-state index in [1.807, 2.05) is 4.90 Å². The summed E-state index contributed by atoms with van der Waals surface area (Å²) in [7, 11) is 0. The van der Waals surface area contributed by atoms with Crippen LogP contribution in [0.25, 0.3) is 0 Å². The van der Waals surface area contributed by atoms with E-state index in [9.17, 15) is 9.18 Å². The standard InChI is InChI=1S/C17H18ClFN4O2/c1-11(12-3-2-4-13(19)9-12)21-16(24)15-14(18)10-20-17(22-15)23-5-7-25-8-6-23/h2-4,9-11H,5-8H2,1H3,(H,21,24)/t11-/m0/s1. The molecule has 1 aromatic heterocycles. The van der Waals surface area contributed by atoms with Crippen molar-refractivity contribution >= 4 is 23.5 Å². The van der Waals surface area contributed by atoms with E-state index in [1.54, 1.807) is 19.1 Å². The number of hydrogen-bond donors (Lipinski definition) is 1. The normalized spacial score (nSPS) is 15.7. The fourth-order valence-electron chi connectivity index (χ4n) is 2.56. The summed E-state index contributed by atoms with van der Waals surface area (Å²) < 4.78 is 18.6. The van der Waals surface area contributed by atoms with Gasteiger partial charge in [0.05, 0.1) is 30.5 Å². The lowest BCUT2D eigenvalue weighted by atomic mass is 10.1. The summed E-state index contributed by atoms with van der Waals surface area (Å²) in [6.45, 7) is 4.25. The SMILES string of the molecule is C[C@H](NC(=O)c1nc(N2CCOCC2)ncc1Cl)c1cccc(F)c1. The summed E-state index contributed by atoms with van der Waals surface area (Å²) in [6.07, 6.45) is 1.42. The van der Waals surface area contributed by atoms with Crippen LogP contribution in [0.15, 0.2) is 30.5 Å². The Hall–Kier alpha value is -2.25. The van der Waals surface area contributed by atoms with Gasteiger partial charge in [-0.3, -0.25) is 4.79 Å². The Balaban J connectivity index is 1.76. The van der Waals surface area contributed by atoms with E-state index in [4.69, 9.17) is 16.3 Å². The topological polar surface area (TPSA) is 67.4 Å². The van der Waals surface area contributed by atoms with Crippen molar-refractivity contribution in [1.82, 2.24) is 15.3 Å². The number of aromatic nitrogens is 2. The fraction of sp³-hybridized carbons (Fsp3) is 0.353. The minimum atomic E-state index is -0.432. The van der Waals surface area contributed by atoms with Gasteiger partial charge in [0, 0.05) is 13.1 Å². The molecule has 0 aliphatic carbocycles. The van der Waals surface area contributed by atoms with Crippen molar-refractivity contribution in [3.63, 3.8) is 0 Å². The van der Waals surface area contributed by atoms with Crippen LogP contribution in [-0.2, 0) is 4.74 Å². The molecule has 0 spiro atoms. The number of hydrogen-bond acceptors (Lipinski definition) is 5. The maximum Gasteiger partial charge on any atom is 0.272 e. The molecule has 1 amide bonds. The zero-order valence-electron chi connectivity index (χ0n) is 13.7. The molecule has 3 rings (SSSR count). The summed E-state index contributed by atoms with van der Waals surface area (Å²) in [4.78, 5) is 23.0. The van der Waals surface area contributed by atoms with Crippen molar-refractivity contribution in [2.24, 2.45) is 0 Å². The van der Waals surface area contributed by atoms with Gasteiger partial charge in [-0.05, 0) is 24.6 Å². The summed E-state index contributed by atoms with van der Waals surface area (Å²) in [5, 5.41) is 2.95. The van der Waals surface area contributed by atoms with Gasteiger partial charge in [0.15, 0.2) is 5.69 Å². The van der Waals surface area contributed by atoms with Crippen LogP contribution in [0, 0.1) is 5.82 Å². The van der Waals surface area contributed by atoms with E-state index >= 15 is 0 Å². The van der Waals surface area contributed by atoms with E-state index in [1.165, 1.54) is 18.3 Å². The molecule has 0 unspecified atom stereocenters. The summed E-state index contributed by atoms with van der Waals surface area (Å²) in [6, 6.07) is 5.69. The summed E-state index contributed by atoms with van der Waals surface area (Å²) >= 11 is 6.10. The molecule has 8 heteroatoms. The molecule has 1 aromatic carbocycles. The smallest absolute Gasteiger partial charge is 0.272 e. The minimum absolute atomic E-state index is 0.0985. The number of halogens is 2. The lowest BCUT2D eigenvalue weighted by molar-refractivity contribution is 0.0934. The lowest BCUT2D eigenvalue weighted by Gasteiger charge is -2.27. The monoisotopic (exact) mass is 364 g/mol. The maximum atomic E-state index is 13.3. The van der Waals surface area contributed by atoms with Gasteiger partial charge in [0.2, 0.25) is 5.95 Å². The minimum Gasteiger partial charge on any atom is -0.378 e. The quantitative estimate of drug-likeness (QED) is 0.903. The van der Waals surface area contributed by atoms with E-state index in [0.29, 0.717) is 37.8 Å². The highest BCUT2D eigenvalue weighted by Crippen LogP contribution is 2.19. The zero-order valence-corrected chi connectivity index (χ0v) is 14.5. The number of anilines is 1. The third-order valence-electron chi connectivity index (χ3n) is 3.94. The van der Waals surface area contributed by atoms with E-state index in [0.717, 1.165) is 0 Å². The van der Waals surface area contributed by atoms with Crippen molar-refractivity contribution in [2.45, 2.75) is 13.0 Å². The predicted octanol–water partition coefficient (Wildman–Crippen LogP) is 2.60. The second-order valence-electron chi connectivity index (χ2n) is 5.72. The number of nitrogens with one attached hydrogen (secondary N) is 1. The first kappa shape index (κ1) is 17.6. The Morgan fingerprint density at radius 2 is 2.16 bits per heavy atom. The van der Waals surface area contributed by atoms with Gasteiger partial charge in [-0.2, -0.15) is 0 Å². The molecule has 1 N–H and O–H groups in total. The molecule has 0 radical (unpaired) electrons. The second-order valence-corrected chi connectivity index (χ2v) is 6.12. The summed E-state index contributed by atoms with van der Waals surface area (Å²) in [5.74, 6) is -0.344. The molecular weight excluding hydrogens is 347 g/mol. The second kappa shape index (κ2) is 7.76. The van der Waals surface area contributed by atoms with Crippen LogP contribution in [-0.4, -0.2) is 42.2 Å². The molecule has 0 saturated carbocycles. The van der Waals surface area contributed by atoms with Gasteiger partial charge < -0.3 is 15.0 Å². The van der Waals surface area contributed by atoms with Crippen LogP contribution in [0.3, 0.4) is 0 Å². The van der Waals surface area contributed by atoms with Crippen LogP contribution < -0.4 is 10.2 Å². The average molecular weight is 365 g/mol. The van der Waals surface area contributed by atoms with Gasteiger partial charge in [-0.1, -0.05) is 23.7 Å². The third kappa shape index (κ3) is 4.24. The molecule has 2 aromatic rings. The molecule has 6 nitrogen and oxygen atoms in total. The number of rotatable bonds is 4. The third-order valence-corrected chi connectivity index (χ3v) is 4.21. The molecule has 1 atom stereocenters. The number of benzene rings is 1. The van der Waals surface area contributed by atoms with Crippen molar-refractivity contribution in [1.29, 1.82) is 0 Å². The van der Waals surface area contributed by atoms with E-state index in [2.05, 4.69) is 15.3 Å². The molecule has 1 fully saturated rings. The van der Waals surface area contributed by atoms with Crippen LogP contribution in [0.2, 0.25) is 5.02 Å². The molecule has 25 heavy (non-hydrogen) atoms. The molecule has 0 bridgehead atoms. The van der Waals surface area contributed by atoms with Crippen LogP contribution in [0.1, 0.15) is 29.0 Å². The van der Waals surface area contributed by atoms with Crippen LogP contribution >= 0.6 is 11.6 Å². The molecule has 132 valence electrons. The first-order valence-electron chi connectivity index (χ1n) is 7.96. The Bertz CT molecular complexity index is 768. The van der Waals surface area contributed by atoms with Gasteiger partial charge >= 0.3 is 0 Å². The Morgan fingerprint density at radius 3 is 2.88 bits per heavy atom. The maximum absolute atomic E-state index is 13.3.